The van der Waals surface area contributed by atoms with Crippen molar-refractivity contribution in [2.75, 3.05) is 18.5 Å². The number of nitrogens with zero attached hydrogens (tertiary/aromatic N) is 2. The molecule has 0 saturated carbocycles. The first-order valence-electron chi connectivity index (χ1n) is 6.81. The minimum absolute atomic E-state index is 0.494. The molecule has 4 heteroatoms. The molecule has 0 saturated heterocycles. The molecule has 1 rings (SSSR count). The number of rotatable bonds is 8. The van der Waals surface area contributed by atoms with Crippen LogP contribution >= 0.6 is 0 Å². The van der Waals surface area contributed by atoms with Gasteiger partial charge >= 0.3 is 0 Å². The van der Waals surface area contributed by atoms with Crippen LogP contribution in [-0.4, -0.2) is 23.1 Å². The molecule has 1 N–H and O–H groups in total. The van der Waals surface area contributed by atoms with Gasteiger partial charge in [0.05, 0.1) is 0 Å². The van der Waals surface area contributed by atoms with Crippen LogP contribution < -0.4 is 5.32 Å². The lowest BCUT2D eigenvalue weighted by molar-refractivity contribution is 0.0848. The lowest BCUT2D eigenvalue weighted by atomic mass is 10.1. The van der Waals surface area contributed by atoms with Crippen LogP contribution in [-0.2, 0) is 11.3 Å². The minimum atomic E-state index is 0.494. The molecule has 0 spiro atoms. The third kappa shape index (κ3) is 5.45. The summed E-state index contributed by atoms with van der Waals surface area (Å²) in [5.74, 6) is 2.24. The van der Waals surface area contributed by atoms with Gasteiger partial charge in [-0.3, -0.25) is 0 Å². The molecule has 4 nitrogen and oxygen atoms in total. The van der Waals surface area contributed by atoms with Crippen molar-refractivity contribution in [2.45, 2.75) is 47.1 Å². The van der Waals surface area contributed by atoms with Crippen molar-refractivity contribution in [1.29, 1.82) is 0 Å². The average molecular weight is 251 g/mol. The first-order chi connectivity index (χ1) is 8.65. The van der Waals surface area contributed by atoms with E-state index in [-0.39, 0.29) is 0 Å². The molecule has 0 amide bonds. The van der Waals surface area contributed by atoms with Gasteiger partial charge < -0.3 is 10.1 Å². The molecule has 0 bridgehead atoms. The van der Waals surface area contributed by atoms with Gasteiger partial charge in [0.25, 0.3) is 0 Å². The monoisotopic (exact) mass is 251 g/mol. The van der Waals surface area contributed by atoms with Crippen molar-refractivity contribution < 1.29 is 4.74 Å². The predicted molar refractivity (Wildman–Crippen MR) is 74.7 cm³/mol. The third-order valence-electron chi connectivity index (χ3n) is 2.67. The highest BCUT2D eigenvalue weighted by atomic mass is 16.5. The van der Waals surface area contributed by atoms with Gasteiger partial charge in [-0.15, -0.1) is 0 Å². The average Bonchev–Trinajstić information content (AvgIpc) is 2.29. The van der Waals surface area contributed by atoms with Crippen LogP contribution in [0.4, 0.5) is 5.82 Å². The van der Waals surface area contributed by atoms with Crippen LogP contribution in [0.1, 0.15) is 45.1 Å². The minimum Gasteiger partial charge on any atom is -0.373 e. The van der Waals surface area contributed by atoms with Crippen LogP contribution in [0.3, 0.4) is 0 Å². The zero-order chi connectivity index (χ0) is 13.4. The molecule has 1 atom stereocenters. The standard InChI is InChI=1S/C14H25N3O/c1-5-7-11(3)9-18-10-14-16-12(4)8-13(17-14)15-6-2/h8,11H,5-7,9-10H2,1-4H3,(H,15,16,17). The molecular weight excluding hydrogens is 226 g/mol. The Morgan fingerprint density at radius 2 is 2.11 bits per heavy atom. The molecule has 1 heterocycles. The van der Waals surface area contributed by atoms with Crippen molar-refractivity contribution in [1.82, 2.24) is 9.97 Å². The Labute approximate surface area is 110 Å². The van der Waals surface area contributed by atoms with E-state index < -0.39 is 0 Å². The lowest BCUT2D eigenvalue weighted by Crippen LogP contribution is -2.09. The summed E-state index contributed by atoms with van der Waals surface area (Å²) in [6.45, 7) is 10.6. The Morgan fingerprint density at radius 1 is 1.33 bits per heavy atom. The van der Waals surface area contributed by atoms with E-state index in [1.165, 1.54) is 12.8 Å². The molecular formula is C14H25N3O. The van der Waals surface area contributed by atoms with Crippen molar-refractivity contribution in [3.63, 3.8) is 0 Å². The maximum absolute atomic E-state index is 5.67. The fourth-order valence-corrected chi connectivity index (χ4v) is 1.89. The van der Waals surface area contributed by atoms with Gasteiger partial charge in [-0.25, -0.2) is 9.97 Å². The first kappa shape index (κ1) is 14.9. The summed E-state index contributed by atoms with van der Waals surface area (Å²) in [6, 6.07) is 1.95. The summed E-state index contributed by atoms with van der Waals surface area (Å²) in [6.07, 6.45) is 2.41. The number of aryl methyl sites for hydroxylation is 1. The highest BCUT2D eigenvalue weighted by Gasteiger charge is 2.04. The van der Waals surface area contributed by atoms with E-state index in [1.54, 1.807) is 0 Å². The smallest absolute Gasteiger partial charge is 0.156 e. The van der Waals surface area contributed by atoms with Gasteiger partial charge in [-0.2, -0.15) is 0 Å². The molecule has 0 fully saturated rings. The van der Waals surface area contributed by atoms with Gasteiger partial charge in [0.1, 0.15) is 12.4 Å². The Hall–Kier alpha value is -1.16. The van der Waals surface area contributed by atoms with Crippen LogP contribution in [0.2, 0.25) is 0 Å². The largest absolute Gasteiger partial charge is 0.373 e. The fraction of sp³-hybridized carbons (Fsp3) is 0.714. The van der Waals surface area contributed by atoms with E-state index in [0.717, 1.165) is 30.5 Å². The molecule has 1 unspecified atom stereocenters. The molecule has 0 aliphatic rings. The summed E-state index contributed by atoms with van der Waals surface area (Å²) in [7, 11) is 0. The summed E-state index contributed by atoms with van der Waals surface area (Å²) in [5.41, 5.74) is 0.973. The van der Waals surface area contributed by atoms with Crippen LogP contribution in [0.5, 0.6) is 0 Å². The van der Waals surface area contributed by atoms with Crippen LogP contribution in [0, 0.1) is 12.8 Å². The van der Waals surface area contributed by atoms with Crippen molar-refractivity contribution in [3.05, 3.63) is 17.6 Å². The van der Waals surface area contributed by atoms with Gasteiger partial charge in [-0.05, 0) is 26.2 Å². The van der Waals surface area contributed by atoms with Gasteiger partial charge in [-0.1, -0.05) is 20.3 Å². The van der Waals surface area contributed by atoms with Crippen molar-refractivity contribution in [2.24, 2.45) is 5.92 Å². The Kier molecular flexibility index (Phi) is 6.65. The SMILES string of the molecule is CCCC(C)COCc1nc(C)cc(NCC)n1. The highest BCUT2D eigenvalue weighted by Crippen LogP contribution is 2.09. The lowest BCUT2D eigenvalue weighted by Gasteiger charge is -2.11. The van der Waals surface area contributed by atoms with Crippen molar-refractivity contribution in [3.8, 4) is 0 Å². The predicted octanol–water partition coefficient (Wildman–Crippen LogP) is 3.17. The first-order valence-corrected chi connectivity index (χ1v) is 6.81. The molecule has 0 radical (unpaired) electrons. The Morgan fingerprint density at radius 3 is 2.78 bits per heavy atom. The fourth-order valence-electron chi connectivity index (χ4n) is 1.89. The van der Waals surface area contributed by atoms with Crippen LogP contribution in [0.25, 0.3) is 0 Å². The Balaban J connectivity index is 2.46. The second-order valence-corrected chi connectivity index (χ2v) is 4.75. The number of hydrogen-bond acceptors (Lipinski definition) is 4. The maximum Gasteiger partial charge on any atom is 0.156 e. The van der Waals surface area contributed by atoms with E-state index in [1.807, 2.05) is 13.0 Å². The van der Waals surface area contributed by atoms with Crippen LogP contribution in [0.15, 0.2) is 6.07 Å². The molecule has 1 aromatic rings. The summed E-state index contributed by atoms with van der Waals surface area (Å²) >= 11 is 0. The number of aromatic nitrogens is 2. The second-order valence-electron chi connectivity index (χ2n) is 4.75. The van der Waals surface area contributed by atoms with Gasteiger partial charge in [0.2, 0.25) is 0 Å². The molecule has 0 aromatic carbocycles. The second kappa shape index (κ2) is 8.03. The topological polar surface area (TPSA) is 47.0 Å². The number of anilines is 1. The van der Waals surface area contributed by atoms with E-state index in [9.17, 15) is 0 Å². The van der Waals surface area contributed by atoms with Gasteiger partial charge in [0, 0.05) is 24.9 Å². The van der Waals surface area contributed by atoms with Gasteiger partial charge in [0.15, 0.2) is 5.82 Å². The molecule has 18 heavy (non-hydrogen) atoms. The summed E-state index contributed by atoms with van der Waals surface area (Å²) in [5, 5.41) is 3.20. The normalized spacial score (nSPS) is 12.4. The Bertz CT molecular complexity index is 355. The molecule has 102 valence electrons. The van der Waals surface area contributed by atoms with Crippen molar-refractivity contribution >= 4 is 5.82 Å². The van der Waals surface area contributed by atoms with E-state index in [2.05, 4.69) is 36.1 Å². The quantitative estimate of drug-likeness (QED) is 0.771. The molecule has 0 aliphatic heterocycles. The third-order valence-corrected chi connectivity index (χ3v) is 2.67. The molecule has 1 aromatic heterocycles. The summed E-state index contributed by atoms with van der Waals surface area (Å²) < 4.78 is 5.67. The zero-order valence-electron chi connectivity index (χ0n) is 12.0. The zero-order valence-corrected chi connectivity index (χ0v) is 12.0. The molecule has 0 aliphatic carbocycles. The summed E-state index contributed by atoms with van der Waals surface area (Å²) in [4.78, 5) is 8.80. The van der Waals surface area contributed by atoms with E-state index in [0.29, 0.717) is 12.5 Å². The number of ether oxygens (including phenoxy) is 1. The highest BCUT2D eigenvalue weighted by molar-refractivity contribution is 5.35. The van der Waals surface area contributed by atoms with E-state index in [4.69, 9.17) is 4.74 Å². The number of nitrogens with one attached hydrogen (secondary N) is 1. The van der Waals surface area contributed by atoms with E-state index >= 15 is 0 Å². The number of hydrogen-bond donors (Lipinski definition) is 1. The maximum atomic E-state index is 5.67.